The van der Waals surface area contributed by atoms with Crippen molar-refractivity contribution in [1.29, 1.82) is 0 Å². The van der Waals surface area contributed by atoms with Crippen molar-refractivity contribution in [3.8, 4) is 0 Å². The van der Waals surface area contributed by atoms with E-state index in [9.17, 15) is 8.42 Å². The van der Waals surface area contributed by atoms with Crippen LogP contribution in [0.5, 0.6) is 0 Å². The van der Waals surface area contributed by atoms with E-state index in [1.165, 1.54) is 18.2 Å². The van der Waals surface area contributed by atoms with E-state index in [0.717, 1.165) is 26.1 Å². The van der Waals surface area contributed by atoms with E-state index in [2.05, 4.69) is 33.9 Å². The lowest BCUT2D eigenvalue weighted by Crippen LogP contribution is -2.28. The minimum absolute atomic E-state index is 0.533. The summed E-state index contributed by atoms with van der Waals surface area (Å²) in [6.45, 7) is 3.69. The zero-order valence-corrected chi connectivity index (χ0v) is 12.2. The van der Waals surface area contributed by atoms with Crippen molar-refractivity contribution < 1.29 is 8.42 Å². The molecule has 1 saturated heterocycles. The zero-order chi connectivity index (χ0) is 13.7. The Bertz CT molecular complexity index is 487. The van der Waals surface area contributed by atoms with Crippen LogP contribution in [0.15, 0.2) is 30.3 Å². The summed E-state index contributed by atoms with van der Waals surface area (Å²) in [7, 11) is -3.04. The lowest BCUT2D eigenvalue weighted by molar-refractivity contribution is 0.330. The van der Waals surface area contributed by atoms with E-state index in [1.807, 2.05) is 6.07 Å². The maximum Gasteiger partial charge on any atom is 0.208 e. The van der Waals surface area contributed by atoms with Crippen LogP contribution in [0, 0.1) is 0 Å². The predicted molar refractivity (Wildman–Crippen MR) is 77.7 cm³/mol. The fourth-order valence-corrected chi connectivity index (χ4v) is 3.11. The molecule has 1 aliphatic heterocycles. The summed E-state index contributed by atoms with van der Waals surface area (Å²) >= 11 is 0. The molecule has 0 amide bonds. The van der Waals surface area contributed by atoms with Crippen LogP contribution in [0.4, 0.5) is 0 Å². The lowest BCUT2D eigenvalue weighted by Gasteiger charge is -2.16. The van der Waals surface area contributed by atoms with Crippen LogP contribution in [-0.4, -0.2) is 45.8 Å². The average Bonchev–Trinajstić information content (AvgIpc) is 2.83. The maximum absolute atomic E-state index is 10.9. The predicted octanol–water partition coefficient (Wildman–Crippen LogP) is 1.42. The van der Waals surface area contributed by atoms with E-state index in [0.29, 0.717) is 12.5 Å². The maximum atomic E-state index is 10.9. The monoisotopic (exact) mass is 282 g/mol. The van der Waals surface area contributed by atoms with Crippen LogP contribution in [0.25, 0.3) is 0 Å². The average molecular weight is 282 g/mol. The Hall–Kier alpha value is -0.910. The largest absolute Gasteiger partial charge is 0.303 e. The van der Waals surface area contributed by atoms with Crippen LogP contribution < -0.4 is 4.72 Å². The lowest BCUT2D eigenvalue weighted by atomic mass is 9.99. The molecule has 0 radical (unpaired) electrons. The minimum atomic E-state index is -3.04. The van der Waals surface area contributed by atoms with Crippen molar-refractivity contribution in [2.75, 3.05) is 32.4 Å². The van der Waals surface area contributed by atoms with Gasteiger partial charge in [-0.25, -0.2) is 13.1 Å². The van der Waals surface area contributed by atoms with Crippen LogP contribution in [0.1, 0.15) is 24.3 Å². The third-order valence-corrected chi connectivity index (χ3v) is 4.29. The molecule has 0 spiro atoms. The third kappa shape index (κ3) is 4.93. The molecule has 5 heteroatoms. The number of hydrogen-bond acceptors (Lipinski definition) is 3. The Kier molecular flexibility index (Phi) is 4.96. The van der Waals surface area contributed by atoms with Gasteiger partial charge in [0.05, 0.1) is 6.26 Å². The summed E-state index contributed by atoms with van der Waals surface area (Å²) < 4.78 is 24.4. The molecule has 2 rings (SSSR count). The number of nitrogens with one attached hydrogen (secondary N) is 1. The van der Waals surface area contributed by atoms with Gasteiger partial charge in [-0.3, -0.25) is 0 Å². The molecule has 0 aromatic heterocycles. The number of rotatable bonds is 6. The van der Waals surface area contributed by atoms with Gasteiger partial charge in [0.1, 0.15) is 0 Å². The molecular weight excluding hydrogens is 260 g/mol. The van der Waals surface area contributed by atoms with E-state index in [1.54, 1.807) is 0 Å². The van der Waals surface area contributed by atoms with E-state index in [-0.39, 0.29) is 0 Å². The van der Waals surface area contributed by atoms with Gasteiger partial charge in [-0.05, 0) is 37.4 Å². The normalized spacial score (nSPS) is 20.8. The summed E-state index contributed by atoms with van der Waals surface area (Å²) in [5.41, 5.74) is 1.42. The van der Waals surface area contributed by atoms with Gasteiger partial charge < -0.3 is 4.90 Å². The highest BCUT2D eigenvalue weighted by molar-refractivity contribution is 7.88. The number of benzene rings is 1. The summed E-state index contributed by atoms with van der Waals surface area (Å²) in [5, 5.41) is 0. The van der Waals surface area contributed by atoms with Gasteiger partial charge in [-0.15, -0.1) is 0 Å². The van der Waals surface area contributed by atoms with Crippen molar-refractivity contribution in [1.82, 2.24) is 9.62 Å². The number of nitrogens with zero attached hydrogens (tertiary/aromatic N) is 1. The number of likely N-dealkylation sites (tertiary alicyclic amines) is 1. The van der Waals surface area contributed by atoms with Crippen molar-refractivity contribution in [2.24, 2.45) is 0 Å². The number of hydrogen-bond donors (Lipinski definition) is 1. The van der Waals surface area contributed by atoms with Crippen molar-refractivity contribution >= 4 is 10.0 Å². The Morgan fingerprint density at radius 1 is 1.32 bits per heavy atom. The van der Waals surface area contributed by atoms with Gasteiger partial charge in [0.2, 0.25) is 10.0 Å². The van der Waals surface area contributed by atoms with Gasteiger partial charge in [0, 0.05) is 13.1 Å². The molecule has 19 heavy (non-hydrogen) atoms. The highest BCUT2D eigenvalue weighted by Gasteiger charge is 2.22. The highest BCUT2D eigenvalue weighted by Crippen LogP contribution is 2.26. The van der Waals surface area contributed by atoms with E-state index in [4.69, 9.17) is 0 Å². The van der Waals surface area contributed by atoms with Crippen molar-refractivity contribution in [2.45, 2.75) is 18.8 Å². The molecule has 1 atom stereocenters. The molecule has 1 N–H and O–H groups in total. The molecule has 1 fully saturated rings. The molecule has 1 unspecified atom stereocenters. The molecule has 4 nitrogen and oxygen atoms in total. The molecule has 1 aromatic carbocycles. The molecular formula is C14H22N2O2S. The second kappa shape index (κ2) is 6.50. The molecule has 0 bridgehead atoms. The topological polar surface area (TPSA) is 49.4 Å². The van der Waals surface area contributed by atoms with E-state index < -0.39 is 10.0 Å². The summed E-state index contributed by atoms with van der Waals surface area (Å²) in [6.07, 6.45) is 3.27. The number of sulfonamides is 1. The third-order valence-electron chi connectivity index (χ3n) is 3.56. The smallest absolute Gasteiger partial charge is 0.208 e. The Morgan fingerprint density at radius 3 is 2.74 bits per heavy atom. The van der Waals surface area contributed by atoms with Crippen LogP contribution in [0.2, 0.25) is 0 Å². The Morgan fingerprint density at radius 2 is 2.05 bits per heavy atom. The second-order valence-corrected chi connectivity index (χ2v) is 7.05. The Labute approximate surface area is 115 Å². The molecule has 0 saturated carbocycles. The first kappa shape index (κ1) is 14.5. The second-order valence-electron chi connectivity index (χ2n) is 5.22. The van der Waals surface area contributed by atoms with Crippen LogP contribution in [0.3, 0.4) is 0 Å². The van der Waals surface area contributed by atoms with Gasteiger partial charge in [0.15, 0.2) is 0 Å². The summed E-state index contributed by atoms with van der Waals surface area (Å²) in [4.78, 5) is 2.42. The molecule has 1 heterocycles. The quantitative estimate of drug-likeness (QED) is 0.803. The zero-order valence-electron chi connectivity index (χ0n) is 11.4. The Balaban J connectivity index is 1.71. The van der Waals surface area contributed by atoms with Gasteiger partial charge in [-0.2, -0.15) is 0 Å². The highest BCUT2D eigenvalue weighted by atomic mass is 32.2. The first-order valence-electron chi connectivity index (χ1n) is 6.76. The summed E-state index contributed by atoms with van der Waals surface area (Å²) in [5.74, 6) is 0.629. The SMILES string of the molecule is CS(=O)(=O)NCCCN1CCC(c2ccccc2)C1. The molecule has 106 valence electrons. The van der Waals surface area contributed by atoms with E-state index >= 15 is 0 Å². The first-order valence-corrected chi connectivity index (χ1v) is 8.66. The van der Waals surface area contributed by atoms with Crippen LogP contribution >= 0.6 is 0 Å². The van der Waals surface area contributed by atoms with Crippen molar-refractivity contribution in [3.63, 3.8) is 0 Å². The molecule has 1 aromatic rings. The fraction of sp³-hybridized carbons (Fsp3) is 0.571. The summed E-state index contributed by atoms with van der Waals surface area (Å²) in [6, 6.07) is 10.6. The van der Waals surface area contributed by atoms with Crippen molar-refractivity contribution in [3.05, 3.63) is 35.9 Å². The van der Waals surface area contributed by atoms with Gasteiger partial charge in [-0.1, -0.05) is 30.3 Å². The fourth-order valence-electron chi connectivity index (χ4n) is 2.59. The van der Waals surface area contributed by atoms with Crippen LogP contribution in [-0.2, 0) is 10.0 Å². The van der Waals surface area contributed by atoms with Gasteiger partial charge in [0.25, 0.3) is 0 Å². The first-order chi connectivity index (χ1) is 9.04. The molecule has 0 aliphatic carbocycles. The minimum Gasteiger partial charge on any atom is -0.303 e. The standard InChI is InChI=1S/C14H22N2O2S/c1-19(17,18)15-9-5-10-16-11-8-14(12-16)13-6-3-2-4-7-13/h2-4,6-7,14-15H,5,8-12H2,1H3. The van der Waals surface area contributed by atoms with Gasteiger partial charge >= 0.3 is 0 Å². The molecule has 1 aliphatic rings.